The lowest BCUT2D eigenvalue weighted by Gasteiger charge is -2.34. The van der Waals surface area contributed by atoms with Gasteiger partial charge in [-0.3, -0.25) is 19.5 Å². The Hall–Kier alpha value is -2.64. The molecule has 8 heteroatoms. The highest BCUT2D eigenvalue weighted by molar-refractivity contribution is 5.79. The van der Waals surface area contributed by atoms with Gasteiger partial charge in [0.2, 0.25) is 11.8 Å². The monoisotopic (exact) mass is 397 g/mol. The number of likely N-dealkylation sites (tertiary alicyclic amines) is 1. The van der Waals surface area contributed by atoms with Crippen LogP contribution in [0.4, 0.5) is 0 Å². The predicted molar refractivity (Wildman–Crippen MR) is 106 cm³/mol. The standard InChI is InChI=1S/C21H27N5O3/c1-13(27)25-9-3-2-7-18(25)17-11-19-22-16-8-10-24(20(28)14-5-4-6-14)12-15(16)21(29)26(19)23-17/h11,14,18,23H,2-10,12H2,1H3. The first-order valence-electron chi connectivity index (χ1n) is 10.7. The van der Waals surface area contributed by atoms with Crippen LogP contribution < -0.4 is 5.56 Å². The molecule has 1 atom stereocenters. The van der Waals surface area contributed by atoms with Gasteiger partial charge in [0.05, 0.1) is 29.5 Å². The zero-order chi connectivity index (χ0) is 20.1. The van der Waals surface area contributed by atoms with E-state index >= 15 is 0 Å². The van der Waals surface area contributed by atoms with Crippen LogP contribution in [0.25, 0.3) is 5.65 Å². The SMILES string of the molecule is CC(=O)N1CCCCC1c1cc2nc3c(c(=O)n2[nH]1)CN(C(=O)C1CCC1)CC3. The highest BCUT2D eigenvalue weighted by atomic mass is 16.2. The largest absolute Gasteiger partial charge is 0.337 e. The van der Waals surface area contributed by atoms with Crippen molar-refractivity contribution in [3.8, 4) is 0 Å². The number of nitrogens with zero attached hydrogens (tertiary/aromatic N) is 4. The molecule has 2 amide bonds. The Kier molecular flexibility index (Phi) is 4.44. The molecule has 2 fully saturated rings. The summed E-state index contributed by atoms with van der Waals surface area (Å²) in [6, 6.07) is 1.86. The second-order valence-electron chi connectivity index (χ2n) is 8.61. The molecule has 1 aliphatic carbocycles. The van der Waals surface area contributed by atoms with Gasteiger partial charge in [-0.2, -0.15) is 0 Å². The highest BCUT2D eigenvalue weighted by Crippen LogP contribution is 2.31. The summed E-state index contributed by atoms with van der Waals surface area (Å²) < 4.78 is 1.48. The predicted octanol–water partition coefficient (Wildman–Crippen LogP) is 1.78. The second kappa shape index (κ2) is 7.00. The number of hydrogen-bond acceptors (Lipinski definition) is 4. The van der Waals surface area contributed by atoms with Crippen molar-refractivity contribution in [2.45, 2.75) is 64.5 Å². The fourth-order valence-corrected chi connectivity index (χ4v) is 4.90. The minimum atomic E-state index is -0.132. The Labute approximate surface area is 168 Å². The maximum atomic E-state index is 13.2. The number of carbonyl (C=O) groups excluding carboxylic acids is 2. The van der Waals surface area contributed by atoms with Gasteiger partial charge in [-0.15, -0.1) is 0 Å². The summed E-state index contributed by atoms with van der Waals surface area (Å²) in [4.78, 5) is 46.3. The summed E-state index contributed by atoms with van der Waals surface area (Å²) in [7, 11) is 0. The van der Waals surface area contributed by atoms with E-state index in [0.29, 0.717) is 30.7 Å². The molecule has 0 bridgehead atoms. The fourth-order valence-electron chi connectivity index (χ4n) is 4.90. The average molecular weight is 397 g/mol. The van der Waals surface area contributed by atoms with E-state index in [4.69, 9.17) is 4.98 Å². The van der Waals surface area contributed by atoms with E-state index in [1.54, 1.807) is 6.92 Å². The van der Waals surface area contributed by atoms with Crippen LogP contribution in [0.1, 0.15) is 68.4 Å². The third kappa shape index (κ3) is 3.05. The summed E-state index contributed by atoms with van der Waals surface area (Å²) >= 11 is 0. The summed E-state index contributed by atoms with van der Waals surface area (Å²) in [5, 5.41) is 3.20. The number of aromatic amines is 1. The van der Waals surface area contributed by atoms with E-state index in [2.05, 4.69) is 5.10 Å². The van der Waals surface area contributed by atoms with Crippen LogP contribution in [0.2, 0.25) is 0 Å². The first kappa shape index (κ1) is 18.4. The number of rotatable bonds is 2. The van der Waals surface area contributed by atoms with Gasteiger partial charge in [-0.25, -0.2) is 9.50 Å². The lowest BCUT2D eigenvalue weighted by molar-refractivity contribution is -0.139. The van der Waals surface area contributed by atoms with Crippen LogP contribution in [0.3, 0.4) is 0 Å². The Morgan fingerprint density at radius 3 is 2.69 bits per heavy atom. The number of fused-ring (bicyclic) bond motifs is 2. The highest BCUT2D eigenvalue weighted by Gasteiger charge is 2.33. The van der Waals surface area contributed by atoms with E-state index in [-0.39, 0.29) is 29.3 Å². The molecule has 0 radical (unpaired) electrons. The van der Waals surface area contributed by atoms with Crippen LogP contribution in [-0.4, -0.2) is 49.3 Å². The Balaban J connectivity index is 1.48. The van der Waals surface area contributed by atoms with Crippen molar-refractivity contribution < 1.29 is 9.59 Å². The van der Waals surface area contributed by atoms with Gasteiger partial charge in [0.25, 0.3) is 5.56 Å². The number of amides is 2. The molecule has 0 aromatic carbocycles. The Morgan fingerprint density at radius 2 is 1.97 bits per heavy atom. The molecule has 2 aliphatic heterocycles. The van der Waals surface area contributed by atoms with Crippen LogP contribution in [0.15, 0.2) is 10.9 Å². The molecule has 1 unspecified atom stereocenters. The average Bonchev–Trinajstić information content (AvgIpc) is 3.11. The molecule has 4 heterocycles. The normalized spacial score (nSPS) is 22.4. The van der Waals surface area contributed by atoms with Crippen molar-refractivity contribution in [1.29, 1.82) is 0 Å². The second-order valence-corrected chi connectivity index (χ2v) is 8.61. The fraction of sp³-hybridized carbons (Fsp3) is 0.619. The summed E-state index contributed by atoms with van der Waals surface area (Å²) in [6.45, 7) is 3.31. The molecule has 1 saturated carbocycles. The van der Waals surface area contributed by atoms with E-state index < -0.39 is 0 Å². The van der Waals surface area contributed by atoms with E-state index in [1.165, 1.54) is 4.52 Å². The Morgan fingerprint density at radius 1 is 1.14 bits per heavy atom. The quantitative estimate of drug-likeness (QED) is 0.836. The molecule has 5 rings (SSSR count). The molecule has 8 nitrogen and oxygen atoms in total. The summed E-state index contributed by atoms with van der Waals surface area (Å²) in [5.41, 5.74) is 2.73. The van der Waals surface area contributed by atoms with Gasteiger partial charge < -0.3 is 9.80 Å². The van der Waals surface area contributed by atoms with Crippen molar-refractivity contribution in [1.82, 2.24) is 24.4 Å². The van der Waals surface area contributed by atoms with Gasteiger partial charge in [-0.1, -0.05) is 6.42 Å². The zero-order valence-corrected chi connectivity index (χ0v) is 16.8. The smallest absolute Gasteiger partial charge is 0.277 e. The molecule has 0 spiro atoms. The van der Waals surface area contributed by atoms with E-state index in [1.807, 2.05) is 15.9 Å². The molecular formula is C21H27N5O3. The minimum Gasteiger partial charge on any atom is -0.337 e. The van der Waals surface area contributed by atoms with Crippen molar-refractivity contribution in [3.05, 3.63) is 33.4 Å². The van der Waals surface area contributed by atoms with Crippen molar-refractivity contribution in [2.24, 2.45) is 5.92 Å². The number of carbonyl (C=O) groups is 2. The molecule has 2 aromatic rings. The molecule has 3 aliphatic rings. The van der Waals surface area contributed by atoms with Crippen LogP contribution >= 0.6 is 0 Å². The summed E-state index contributed by atoms with van der Waals surface area (Å²) in [6.07, 6.45) is 6.61. The van der Waals surface area contributed by atoms with Crippen molar-refractivity contribution in [3.63, 3.8) is 0 Å². The van der Waals surface area contributed by atoms with Gasteiger partial charge in [0.1, 0.15) is 0 Å². The van der Waals surface area contributed by atoms with Gasteiger partial charge in [0, 0.05) is 38.4 Å². The maximum Gasteiger partial charge on any atom is 0.277 e. The number of hydrogen-bond donors (Lipinski definition) is 1. The topological polar surface area (TPSA) is 90.8 Å². The van der Waals surface area contributed by atoms with Gasteiger partial charge >= 0.3 is 0 Å². The number of H-pyrrole nitrogens is 1. The zero-order valence-electron chi connectivity index (χ0n) is 16.8. The van der Waals surface area contributed by atoms with Gasteiger partial charge in [0.15, 0.2) is 5.65 Å². The molecule has 1 N–H and O–H groups in total. The molecule has 1 saturated heterocycles. The van der Waals surface area contributed by atoms with E-state index in [0.717, 1.165) is 56.5 Å². The van der Waals surface area contributed by atoms with E-state index in [9.17, 15) is 14.4 Å². The summed E-state index contributed by atoms with van der Waals surface area (Å²) in [5.74, 6) is 0.368. The van der Waals surface area contributed by atoms with Gasteiger partial charge in [-0.05, 0) is 32.1 Å². The number of aromatic nitrogens is 3. The van der Waals surface area contributed by atoms with Crippen LogP contribution in [-0.2, 0) is 22.6 Å². The van der Waals surface area contributed by atoms with Crippen LogP contribution in [0.5, 0.6) is 0 Å². The lowest BCUT2D eigenvalue weighted by Crippen LogP contribution is -2.44. The third-order valence-corrected chi connectivity index (χ3v) is 6.81. The molecule has 154 valence electrons. The first-order chi connectivity index (χ1) is 14.0. The maximum absolute atomic E-state index is 13.2. The Bertz CT molecular complexity index is 1030. The van der Waals surface area contributed by atoms with Crippen LogP contribution in [0, 0.1) is 5.92 Å². The molecule has 2 aromatic heterocycles. The van der Waals surface area contributed by atoms with Crippen molar-refractivity contribution >= 4 is 17.5 Å². The minimum absolute atomic E-state index is 0.0453. The molecular weight excluding hydrogens is 370 g/mol. The number of piperidine rings is 1. The van der Waals surface area contributed by atoms with Crippen molar-refractivity contribution in [2.75, 3.05) is 13.1 Å². The number of nitrogens with one attached hydrogen (secondary N) is 1. The first-order valence-corrected chi connectivity index (χ1v) is 10.7. The third-order valence-electron chi connectivity index (χ3n) is 6.81. The molecule has 29 heavy (non-hydrogen) atoms. The lowest BCUT2D eigenvalue weighted by atomic mass is 9.84.